The molecular formula is C12H18ClN3O2. The molecule has 0 saturated carbocycles. The molecule has 1 unspecified atom stereocenters. The fourth-order valence-corrected chi connectivity index (χ4v) is 1.41. The van der Waals surface area contributed by atoms with Crippen LogP contribution in [0, 0.1) is 0 Å². The molecule has 0 aliphatic heterocycles. The predicted octanol–water partition coefficient (Wildman–Crippen LogP) is 0.272. The summed E-state index contributed by atoms with van der Waals surface area (Å²) in [4.78, 5) is 23.1. The van der Waals surface area contributed by atoms with Gasteiger partial charge < -0.3 is 16.8 Å². The molecule has 0 saturated heterocycles. The van der Waals surface area contributed by atoms with Crippen LogP contribution in [-0.4, -0.2) is 17.9 Å². The zero-order valence-corrected chi connectivity index (χ0v) is 11.2. The Balaban J connectivity index is 0.00000289. The molecule has 1 aromatic rings. The van der Waals surface area contributed by atoms with E-state index in [1.807, 2.05) is 6.07 Å². The van der Waals surface area contributed by atoms with Crippen molar-refractivity contribution >= 4 is 24.2 Å². The Morgan fingerprint density at radius 3 is 2.17 bits per heavy atom. The summed E-state index contributed by atoms with van der Waals surface area (Å²) < 4.78 is 0. The van der Waals surface area contributed by atoms with Gasteiger partial charge in [0.2, 0.25) is 11.8 Å². The number of nitrogens with one attached hydrogen (secondary N) is 1. The van der Waals surface area contributed by atoms with Crippen molar-refractivity contribution in [1.82, 2.24) is 5.32 Å². The second-order valence-electron chi connectivity index (χ2n) is 4.13. The zero-order valence-electron chi connectivity index (χ0n) is 10.3. The third-order valence-electron chi connectivity index (χ3n) is 2.63. The monoisotopic (exact) mass is 271 g/mol. The zero-order chi connectivity index (χ0) is 13.1. The van der Waals surface area contributed by atoms with Crippen LogP contribution in [0.25, 0.3) is 0 Å². The van der Waals surface area contributed by atoms with Crippen molar-refractivity contribution in [3.8, 4) is 0 Å². The fourth-order valence-electron chi connectivity index (χ4n) is 1.41. The second kappa shape index (κ2) is 6.37. The van der Waals surface area contributed by atoms with Crippen molar-refractivity contribution < 1.29 is 9.59 Å². The van der Waals surface area contributed by atoms with Crippen molar-refractivity contribution in [3.63, 3.8) is 0 Å². The molecule has 0 heterocycles. The summed E-state index contributed by atoms with van der Waals surface area (Å²) in [6.07, 6.45) is 0. The van der Waals surface area contributed by atoms with Crippen LogP contribution in [0.5, 0.6) is 0 Å². The summed E-state index contributed by atoms with van der Waals surface area (Å²) in [5.74, 6) is -1.05. The Morgan fingerprint density at radius 1 is 1.28 bits per heavy atom. The molecule has 2 atom stereocenters. The SMILES string of the molecule is C[C@H](N)C(=O)NC(C)(C(N)=O)c1ccccc1.Cl. The summed E-state index contributed by atoms with van der Waals surface area (Å²) in [5.41, 5.74) is 10.2. The Hall–Kier alpha value is -1.59. The van der Waals surface area contributed by atoms with Crippen LogP contribution in [0.15, 0.2) is 30.3 Å². The van der Waals surface area contributed by atoms with E-state index in [0.717, 1.165) is 0 Å². The molecule has 1 aromatic carbocycles. The van der Waals surface area contributed by atoms with Gasteiger partial charge >= 0.3 is 0 Å². The molecule has 0 radical (unpaired) electrons. The number of hydrogen-bond donors (Lipinski definition) is 3. The van der Waals surface area contributed by atoms with E-state index >= 15 is 0 Å². The van der Waals surface area contributed by atoms with E-state index < -0.39 is 23.4 Å². The second-order valence-corrected chi connectivity index (χ2v) is 4.13. The fraction of sp³-hybridized carbons (Fsp3) is 0.333. The Bertz CT molecular complexity index is 423. The number of rotatable bonds is 4. The van der Waals surface area contributed by atoms with E-state index in [4.69, 9.17) is 11.5 Å². The van der Waals surface area contributed by atoms with E-state index in [1.54, 1.807) is 38.1 Å². The quantitative estimate of drug-likeness (QED) is 0.733. The first-order valence-corrected chi connectivity index (χ1v) is 5.31. The molecule has 0 aliphatic carbocycles. The van der Waals surface area contributed by atoms with Crippen LogP contribution in [0.3, 0.4) is 0 Å². The van der Waals surface area contributed by atoms with E-state index in [0.29, 0.717) is 5.56 Å². The average molecular weight is 272 g/mol. The lowest BCUT2D eigenvalue weighted by molar-refractivity contribution is -0.131. The number of carbonyl (C=O) groups excluding carboxylic acids is 2. The number of halogens is 1. The molecule has 0 aliphatic rings. The van der Waals surface area contributed by atoms with Crippen molar-refractivity contribution in [2.24, 2.45) is 11.5 Å². The summed E-state index contributed by atoms with van der Waals surface area (Å²) in [6.45, 7) is 3.10. The van der Waals surface area contributed by atoms with Gasteiger partial charge in [-0.15, -0.1) is 12.4 Å². The Kier molecular flexibility index (Phi) is 5.81. The topological polar surface area (TPSA) is 98.2 Å². The minimum atomic E-state index is -1.24. The van der Waals surface area contributed by atoms with E-state index in [2.05, 4.69) is 5.32 Å². The van der Waals surface area contributed by atoms with E-state index in [1.165, 1.54) is 0 Å². The summed E-state index contributed by atoms with van der Waals surface area (Å²) >= 11 is 0. The largest absolute Gasteiger partial charge is 0.367 e. The lowest BCUT2D eigenvalue weighted by atomic mass is 9.91. The highest BCUT2D eigenvalue weighted by atomic mass is 35.5. The first kappa shape index (κ1) is 16.4. The van der Waals surface area contributed by atoms with Crippen molar-refractivity contribution in [1.29, 1.82) is 0 Å². The highest BCUT2D eigenvalue weighted by Gasteiger charge is 2.35. The van der Waals surface area contributed by atoms with Gasteiger partial charge in [0, 0.05) is 0 Å². The van der Waals surface area contributed by atoms with Crippen molar-refractivity contribution in [3.05, 3.63) is 35.9 Å². The summed E-state index contributed by atoms with van der Waals surface area (Å²) in [6, 6.07) is 8.12. The van der Waals surface area contributed by atoms with Crippen LogP contribution in [-0.2, 0) is 15.1 Å². The standard InChI is InChI=1S/C12H17N3O2.ClH/c1-8(13)10(16)15-12(2,11(14)17)9-6-4-3-5-7-9;/h3-8H,13H2,1-2H3,(H2,14,17)(H,15,16);1H/t8-,12?;/m0./s1. The van der Waals surface area contributed by atoms with Gasteiger partial charge in [-0.2, -0.15) is 0 Å². The maximum Gasteiger partial charge on any atom is 0.247 e. The van der Waals surface area contributed by atoms with Crippen LogP contribution in [0.1, 0.15) is 19.4 Å². The van der Waals surface area contributed by atoms with Gasteiger partial charge in [-0.1, -0.05) is 30.3 Å². The molecule has 5 N–H and O–H groups in total. The van der Waals surface area contributed by atoms with Crippen LogP contribution < -0.4 is 16.8 Å². The molecule has 6 heteroatoms. The van der Waals surface area contributed by atoms with Crippen LogP contribution in [0.2, 0.25) is 0 Å². The van der Waals surface area contributed by atoms with Gasteiger partial charge in [-0.3, -0.25) is 9.59 Å². The maximum atomic E-state index is 11.6. The molecule has 0 aromatic heterocycles. The van der Waals surface area contributed by atoms with Crippen molar-refractivity contribution in [2.45, 2.75) is 25.4 Å². The first-order valence-electron chi connectivity index (χ1n) is 5.31. The molecule has 0 bridgehead atoms. The normalized spacial score (nSPS) is 14.8. The number of hydrogen-bond acceptors (Lipinski definition) is 3. The molecule has 18 heavy (non-hydrogen) atoms. The highest BCUT2D eigenvalue weighted by Crippen LogP contribution is 2.20. The number of amides is 2. The number of nitrogens with two attached hydrogens (primary N) is 2. The van der Waals surface area contributed by atoms with Gasteiger partial charge in [0.1, 0.15) is 5.54 Å². The van der Waals surface area contributed by atoms with Gasteiger partial charge in [-0.05, 0) is 19.4 Å². The van der Waals surface area contributed by atoms with Crippen LogP contribution >= 0.6 is 12.4 Å². The minimum Gasteiger partial charge on any atom is -0.367 e. The summed E-state index contributed by atoms with van der Waals surface area (Å²) in [5, 5.41) is 2.57. The highest BCUT2D eigenvalue weighted by molar-refractivity contribution is 5.92. The predicted molar refractivity (Wildman–Crippen MR) is 72.0 cm³/mol. The number of carbonyl (C=O) groups is 2. The third kappa shape index (κ3) is 3.45. The maximum absolute atomic E-state index is 11.6. The van der Waals surface area contributed by atoms with E-state index in [-0.39, 0.29) is 12.4 Å². The summed E-state index contributed by atoms with van der Waals surface area (Å²) in [7, 11) is 0. The minimum absolute atomic E-state index is 0. The Morgan fingerprint density at radius 2 is 1.78 bits per heavy atom. The van der Waals surface area contributed by atoms with Crippen LogP contribution in [0.4, 0.5) is 0 Å². The van der Waals surface area contributed by atoms with Crippen molar-refractivity contribution in [2.75, 3.05) is 0 Å². The third-order valence-corrected chi connectivity index (χ3v) is 2.63. The Labute approximate surface area is 112 Å². The van der Waals surface area contributed by atoms with Gasteiger partial charge in [-0.25, -0.2) is 0 Å². The number of benzene rings is 1. The molecule has 1 rings (SSSR count). The van der Waals surface area contributed by atoms with E-state index in [9.17, 15) is 9.59 Å². The average Bonchev–Trinajstić information content (AvgIpc) is 2.29. The first-order chi connectivity index (χ1) is 7.88. The molecule has 0 fully saturated rings. The molecule has 0 spiro atoms. The van der Waals surface area contributed by atoms with Gasteiger partial charge in [0.15, 0.2) is 0 Å². The lowest BCUT2D eigenvalue weighted by Gasteiger charge is -2.28. The molecular weight excluding hydrogens is 254 g/mol. The molecule has 100 valence electrons. The smallest absolute Gasteiger partial charge is 0.247 e. The molecule has 5 nitrogen and oxygen atoms in total. The molecule has 2 amide bonds. The van der Waals surface area contributed by atoms with Gasteiger partial charge in [0.25, 0.3) is 0 Å². The number of primary amides is 1. The lowest BCUT2D eigenvalue weighted by Crippen LogP contribution is -2.56. The van der Waals surface area contributed by atoms with Gasteiger partial charge in [0.05, 0.1) is 6.04 Å².